The highest BCUT2D eigenvalue weighted by atomic mass is 16.5. The van der Waals surface area contributed by atoms with Crippen LogP contribution in [0, 0.1) is 6.92 Å². The smallest absolute Gasteiger partial charge is 0.331 e. The SMILES string of the molecule is COC(=O)C1(NC(=O)c2cc(C)nc3c2cnn3C(C)C)CCCCC1. The number of carbonyl (C=O) groups excluding carboxylic acids is 2. The molecule has 0 spiro atoms. The van der Waals surface area contributed by atoms with E-state index in [0.717, 1.165) is 25.0 Å². The molecule has 26 heavy (non-hydrogen) atoms. The number of carbonyl (C=O) groups is 2. The van der Waals surface area contributed by atoms with E-state index >= 15 is 0 Å². The summed E-state index contributed by atoms with van der Waals surface area (Å²) in [5.74, 6) is -0.651. The summed E-state index contributed by atoms with van der Waals surface area (Å²) in [4.78, 5) is 30.1. The lowest BCUT2D eigenvalue weighted by molar-refractivity contribution is -0.149. The van der Waals surface area contributed by atoms with Crippen LogP contribution in [0.4, 0.5) is 0 Å². The standard InChI is InChI=1S/C19H26N4O3/c1-12(2)23-16-15(11-20-23)14(10-13(3)21-16)17(24)22-19(18(25)26-4)8-6-5-7-9-19/h10-12H,5-9H2,1-4H3,(H,22,24). The van der Waals surface area contributed by atoms with Crippen LogP contribution >= 0.6 is 0 Å². The minimum absolute atomic E-state index is 0.137. The van der Waals surface area contributed by atoms with Crippen LogP contribution in [0.3, 0.4) is 0 Å². The molecule has 1 saturated carbocycles. The minimum Gasteiger partial charge on any atom is -0.467 e. The summed E-state index contributed by atoms with van der Waals surface area (Å²) in [5, 5.41) is 8.05. The third-order valence-electron chi connectivity index (χ3n) is 5.06. The minimum atomic E-state index is -0.943. The molecule has 0 radical (unpaired) electrons. The quantitative estimate of drug-likeness (QED) is 0.849. The Balaban J connectivity index is 2.00. The van der Waals surface area contributed by atoms with Gasteiger partial charge in [0.2, 0.25) is 0 Å². The van der Waals surface area contributed by atoms with E-state index < -0.39 is 5.54 Å². The monoisotopic (exact) mass is 358 g/mol. The van der Waals surface area contributed by atoms with E-state index in [1.807, 2.05) is 20.8 Å². The summed E-state index contributed by atoms with van der Waals surface area (Å²) in [6.07, 6.45) is 5.72. The van der Waals surface area contributed by atoms with Crippen LogP contribution in [0.2, 0.25) is 0 Å². The van der Waals surface area contributed by atoms with Crippen molar-refractivity contribution in [1.82, 2.24) is 20.1 Å². The fraction of sp³-hybridized carbons (Fsp3) is 0.579. The Kier molecular flexibility index (Phi) is 4.98. The Hall–Kier alpha value is -2.44. The van der Waals surface area contributed by atoms with Gasteiger partial charge in [-0.3, -0.25) is 4.79 Å². The van der Waals surface area contributed by atoms with Gasteiger partial charge in [-0.15, -0.1) is 0 Å². The maximum absolute atomic E-state index is 13.1. The van der Waals surface area contributed by atoms with Gasteiger partial charge in [0.05, 0.1) is 24.3 Å². The number of ether oxygens (including phenoxy) is 1. The summed E-state index contributed by atoms with van der Waals surface area (Å²) < 4.78 is 6.80. The van der Waals surface area contributed by atoms with Crippen LogP contribution in [0.15, 0.2) is 12.3 Å². The number of rotatable bonds is 4. The number of aryl methyl sites for hydroxylation is 1. The number of nitrogens with zero attached hydrogens (tertiary/aromatic N) is 3. The zero-order valence-corrected chi connectivity index (χ0v) is 15.8. The van der Waals surface area contributed by atoms with Crippen molar-refractivity contribution in [2.45, 2.75) is 64.5 Å². The number of hydrogen-bond acceptors (Lipinski definition) is 5. The molecule has 2 aromatic heterocycles. The summed E-state index contributed by atoms with van der Waals surface area (Å²) in [5.41, 5.74) is 0.969. The van der Waals surface area contributed by atoms with Gasteiger partial charge in [-0.2, -0.15) is 5.10 Å². The summed E-state index contributed by atoms with van der Waals surface area (Å²) in [6, 6.07) is 1.88. The highest BCUT2D eigenvalue weighted by molar-refractivity contribution is 6.07. The van der Waals surface area contributed by atoms with Crippen molar-refractivity contribution in [3.63, 3.8) is 0 Å². The molecule has 0 atom stereocenters. The van der Waals surface area contributed by atoms with E-state index in [0.29, 0.717) is 29.4 Å². The molecule has 0 aliphatic heterocycles. The maximum Gasteiger partial charge on any atom is 0.331 e. The predicted octanol–water partition coefficient (Wildman–Crippen LogP) is 2.93. The van der Waals surface area contributed by atoms with Gasteiger partial charge in [-0.1, -0.05) is 19.3 Å². The maximum atomic E-state index is 13.1. The van der Waals surface area contributed by atoms with Crippen molar-refractivity contribution in [1.29, 1.82) is 0 Å². The molecule has 3 rings (SSSR count). The van der Waals surface area contributed by atoms with Crippen LogP contribution in [0.5, 0.6) is 0 Å². The molecular weight excluding hydrogens is 332 g/mol. The van der Waals surface area contributed by atoms with Crippen LogP contribution in [0.25, 0.3) is 11.0 Å². The number of esters is 1. The first-order valence-electron chi connectivity index (χ1n) is 9.14. The molecule has 0 aromatic carbocycles. The van der Waals surface area contributed by atoms with Crippen LogP contribution in [-0.4, -0.2) is 39.3 Å². The highest BCUT2D eigenvalue weighted by Gasteiger charge is 2.42. The Morgan fingerprint density at radius 3 is 2.58 bits per heavy atom. The van der Waals surface area contributed by atoms with Crippen molar-refractivity contribution < 1.29 is 14.3 Å². The normalized spacial score (nSPS) is 16.7. The van der Waals surface area contributed by atoms with Gasteiger partial charge in [-0.25, -0.2) is 14.5 Å². The molecule has 1 aliphatic carbocycles. The van der Waals surface area contributed by atoms with E-state index in [4.69, 9.17) is 4.74 Å². The number of methoxy groups -OCH3 is 1. The molecule has 0 saturated heterocycles. The lowest BCUT2D eigenvalue weighted by atomic mass is 9.81. The Bertz CT molecular complexity index is 835. The first-order valence-corrected chi connectivity index (χ1v) is 9.14. The lowest BCUT2D eigenvalue weighted by Gasteiger charge is -2.35. The van der Waals surface area contributed by atoms with Gasteiger partial charge in [0.1, 0.15) is 5.54 Å². The number of fused-ring (bicyclic) bond motifs is 1. The summed E-state index contributed by atoms with van der Waals surface area (Å²) >= 11 is 0. The number of pyridine rings is 1. The van der Waals surface area contributed by atoms with Gasteiger partial charge in [0.25, 0.3) is 5.91 Å². The van der Waals surface area contributed by atoms with Gasteiger partial charge < -0.3 is 10.1 Å². The molecule has 1 N–H and O–H groups in total. The van der Waals surface area contributed by atoms with Gasteiger partial charge >= 0.3 is 5.97 Å². The molecule has 1 amide bonds. The largest absolute Gasteiger partial charge is 0.467 e. The third kappa shape index (κ3) is 3.18. The molecule has 2 aromatic rings. The molecule has 2 heterocycles. The summed E-state index contributed by atoms with van der Waals surface area (Å²) in [6.45, 7) is 5.89. The van der Waals surface area contributed by atoms with E-state index in [9.17, 15) is 9.59 Å². The van der Waals surface area contributed by atoms with Crippen molar-refractivity contribution >= 4 is 22.9 Å². The Labute approximate surface area is 153 Å². The second-order valence-corrected chi connectivity index (χ2v) is 7.32. The zero-order valence-electron chi connectivity index (χ0n) is 15.8. The van der Waals surface area contributed by atoms with E-state index in [-0.39, 0.29) is 17.9 Å². The van der Waals surface area contributed by atoms with E-state index in [2.05, 4.69) is 15.4 Å². The van der Waals surface area contributed by atoms with E-state index in [1.54, 1.807) is 16.9 Å². The fourth-order valence-electron chi connectivity index (χ4n) is 3.72. The van der Waals surface area contributed by atoms with Crippen molar-refractivity contribution in [2.24, 2.45) is 0 Å². The van der Waals surface area contributed by atoms with Gasteiger partial charge in [0.15, 0.2) is 5.65 Å². The predicted molar refractivity (Wildman–Crippen MR) is 97.9 cm³/mol. The first kappa shape index (κ1) is 18.4. The van der Waals surface area contributed by atoms with Crippen LogP contribution < -0.4 is 5.32 Å². The van der Waals surface area contributed by atoms with Crippen molar-refractivity contribution in [3.05, 3.63) is 23.5 Å². The molecule has 0 unspecified atom stereocenters. The molecule has 1 fully saturated rings. The molecule has 0 bridgehead atoms. The van der Waals surface area contributed by atoms with E-state index in [1.165, 1.54) is 7.11 Å². The average molecular weight is 358 g/mol. The second-order valence-electron chi connectivity index (χ2n) is 7.32. The number of aromatic nitrogens is 3. The van der Waals surface area contributed by atoms with Crippen LogP contribution in [-0.2, 0) is 9.53 Å². The third-order valence-corrected chi connectivity index (χ3v) is 5.06. The van der Waals surface area contributed by atoms with Crippen LogP contribution in [0.1, 0.15) is 68.0 Å². The molecule has 140 valence electrons. The summed E-state index contributed by atoms with van der Waals surface area (Å²) in [7, 11) is 1.37. The van der Waals surface area contributed by atoms with Gasteiger partial charge in [-0.05, 0) is 39.7 Å². The highest BCUT2D eigenvalue weighted by Crippen LogP contribution is 2.30. The molecule has 7 nitrogen and oxygen atoms in total. The fourth-order valence-corrected chi connectivity index (χ4v) is 3.72. The van der Waals surface area contributed by atoms with Crippen molar-refractivity contribution in [3.8, 4) is 0 Å². The Morgan fingerprint density at radius 1 is 1.27 bits per heavy atom. The van der Waals surface area contributed by atoms with Crippen molar-refractivity contribution in [2.75, 3.05) is 7.11 Å². The zero-order chi connectivity index (χ0) is 18.9. The van der Waals surface area contributed by atoms with Gasteiger partial charge in [0, 0.05) is 11.7 Å². The number of nitrogens with one attached hydrogen (secondary N) is 1. The number of amides is 1. The lowest BCUT2D eigenvalue weighted by Crippen LogP contribution is -2.56. The molecular formula is C19H26N4O3. The average Bonchev–Trinajstić information content (AvgIpc) is 3.04. The Morgan fingerprint density at radius 2 is 1.96 bits per heavy atom. The first-order chi connectivity index (χ1) is 12.4. The second kappa shape index (κ2) is 7.05. The number of hydrogen-bond donors (Lipinski definition) is 1. The topological polar surface area (TPSA) is 86.1 Å². The molecule has 1 aliphatic rings. The molecule has 7 heteroatoms.